The van der Waals surface area contributed by atoms with E-state index in [2.05, 4.69) is 5.16 Å². The van der Waals surface area contributed by atoms with Crippen LogP contribution < -0.4 is 9.64 Å². The summed E-state index contributed by atoms with van der Waals surface area (Å²) in [5, 5.41) is 13.7. The summed E-state index contributed by atoms with van der Waals surface area (Å²) < 4.78 is 16.1. The van der Waals surface area contributed by atoms with E-state index in [0.29, 0.717) is 29.8 Å². The molecule has 26 heavy (non-hydrogen) atoms. The summed E-state index contributed by atoms with van der Waals surface area (Å²) in [4.78, 5) is 13.6. The fraction of sp³-hybridized carbons (Fsp3) is 0.474. The molecule has 3 rings (SSSR count). The van der Waals surface area contributed by atoms with Crippen molar-refractivity contribution >= 4 is 11.8 Å². The van der Waals surface area contributed by atoms with Gasteiger partial charge in [0.05, 0.1) is 13.2 Å². The van der Waals surface area contributed by atoms with Crippen molar-refractivity contribution in [2.45, 2.75) is 31.8 Å². The van der Waals surface area contributed by atoms with Crippen LogP contribution in [0.25, 0.3) is 11.3 Å². The van der Waals surface area contributed by atoms with Crippen LogP contribution in [-0.4, -0.2) is 49.6 Å². The van der Waals surface area contributed by atoms with Crippen molar-refractivity contribution in [2.75, 3.05) is 32.2 Å². The van der Waals surface area contributed by atoms with Gasteiger partial charge in [-0.05, 0) is 49.9 Å². The predicted octanol–water partition coefficient (Wildman–Crippen LogP) is 3.44. The van der Waals surface area contributed by atoms with Gasteiger partial charge in [0.25, 0.3) is 0 Å². The van der Waals surface area contributed by atoms with E-state index >= 15 is 0 Å². The van der Waals surface area contributed by atoms with Crippen LogP contribution in [0.2, 0.25) is 0 Å². The summed E-state index contributed by atoms with van der Waals surface area (Å²) in [7, 11) is 3.41. The Balaban J connectivity index is 1.74. The lowest BCUT2D eigenvalue weighted by molar-refractivity contribution is 0.0697. The van der Waals surface area contributed by atoms with Crippen LogP contribution in [0.5, 0.6) is 5.75 Å². The van der Waals surface area contributed by atoms with Crippen molar-refractivity contribution in [1.29, 1.82) is 0 Å². The molecule has 140 valence electrons. The van der Waals surface area contributed by atoms with Gasteiger partial charge in [0.2, 0.25) is 0 Å². The van der Waals surface area contributed by atoms with Gasteiger partial charge < -0.3 is 24.0 Å². The van der Waals surface area contributed by atoms with Crippen LogP contribution in [0, 0.1) is 0 Å². The lowest BCUT2D eigenvalue weighted by Gasteiger charge is -2.17. The van der Waals surface area contributed by atoms with Gasteiger partial charge in [0, 0.05) is 25.8 Å². The van der Waals surface area contributed by atoms with Crippen molar-refractivity contribution in [2.24, 2.45) is 0 Å². The Morgan fingerprint density at radius 1 is 1.38 bits per heavy atom. The monoisotopic (exact) mass is 360 g/mol. The van der Waals surface area contributed by atoms with Gasteiger partial charge in [-0.2, -0.15) is 0 Å². The first-order valence-corrected chi connectivity index (χ1v) is 8.80. The van der Waals surface area contributed by atoms with Gasteiger partial charge in [-0.1, -0.05) is 5.16 Å². The van der Waals surface area contributed by atoms with Crippen LogP contribution in [0.4, 0.5) is 5.82 Å². The number of methoxy groups -OCH3 is 1. The number of nitrogens with zero attached hydrogens (tertiary/aromatic N) is 2. The Hall–Kier alpha value is -2.54. The molecule has 0 bridgehead atoms. The summed E-state index contributed by atoms with van der Waals surface area (Å²) in [6.07, 6.45) is 4.43. The third-order valence-electron chi connectivity index (χ3n) is 4.65. The van der Waals surface area contributed by atoms with E-state index in [9.17, 15) is 9.90 Å². The Labute approximate surface area is 152 Å². The summed E-state index contributed by atoms with van der Waals surface area (Å²) in [5.41, 5.74) is 0.726. The largest absolute Gasteiger partial charge is 0.497 e. The number of carbonyl (C=O) groups is 1. The van der Waals surface area contributed by atoms with Gasteiger partial charge in [-0.3, -0.25) is 0 Å². The van der Waals surface area contributed by atoms with E-state index < -0.39 is 5.97 Å². The zero-order valence-electron chi connectivity index (χ0n) is 15.1. The Bertz CT molecular complexity index is 735. The molecular formula is C19H24N2O5. The van der Waals surface area contributed by atoms with Crippen molar-refractivity contribution in [3.8, 4) is 17.1 Å². The molecule has 1 atom stereocenters. The standard InChI is InChI=1S/C19H24N2O5/c1-21(11-3-5-15-6-4-12-25-15)18-16(19(22)23)17(26-20-18)13-7-9-14(24-2)10-8-13/h7-10,15H,3-6,11-12H2,1-2H3,(H,22,23). The van der Waals surface area contributed by atoms with Crippen molar-refractivity contribution in [3.63, 3.8) is 0 Å². The van der Waals surface area contributed by atoms with E-state index in [1.54, 1.807) is 31.4 Å². The molecular weight excluding hydrogens is 336 g/mol. The van der Waals surface area contributed by atoms with Gasteiger partial charge in [-0.15, -0.1) is 0 Å². The van der Waals surface area contributed by atoms with E-state index in [-0.39, 0.29) is 11.3 Å². The number of anilines is 1. The van der Waals surface area contributed by atoms with Crippen LogP contribution in [0.15, 0.2) is 28.8 Å². The van der Waals surface area contributed by atoms with Crippen molar-refractivity contribution in [1.82, 2.24) is 5.16 Å². The molecule has 0 saturated carbocycles. The first-order valence-electron chi connectivity index (χ1n) is 8.80. The molecule has 0 aliphatic carbocycles. The number of ether oxygens (including phenoxy) is 2. The lowest BCUT2D eigenvalue weighted by Crippen LogP contribution is -2.22. The lowest BCUT2D eigenvalue weighted by atomic mass is 10.1. The second-order valence-corrected chi connectivity index (χ2v) is 6.44. The Morgan fingerprint density at radius 3 is 2.77 bits per heavy atom. The van der Waals surface area contributed by atoms with E-state index in [0.717, 1.165) is 32.3 Å². The molecule has 0 radical (unpaired) electrons. The van der Waals surface area contributed by atoms with Crippen molar-refractivity contribution in [3.05, 3.63) is 29.8 Å². The molecule has 7 heteroatoms. The van der Waals surface area contributed by atoms with Crippen molar-refractivity contribution < 1.29 is 23.9 Å². The maximum Gasteiger partial charge on any atom is 0.343 e. The first-order chi connectivity index (χ1) is 12.6. The molecule has 2 heterocycles. The van der Waals surface area contributed by atoms with Gasteiger partial charge in [-0.25, -0.2) is 4.79 Å². The average Bonchev–Trinajstić information content (AvgIpc) is 3.31. The number of carboxylic acid groups (broad SMARTS) is 1. The summed E-state index contributed by atoms with van der Waals surface area (Å²) in [6, 6.07) is 7.03. The minimum Gasteiger partial charge on any atom is -0.497 e. The van der Waals surface area contributed by atoms with Crippen LogP contribution in [0.3, 0.4) is 0 Å². The fourth-order valence-corrected chi connectivity index (χ4v) is 3.21. The number of benzene rings is 1. The molecule has 1 fully saturated rings. The molecule has 2 aromatic rings. The molecule has 1 aromatic carbocycles. The molecule has 0 spiro atoms. The minimum absolute atomic E-state index is 0.0785. The highest BCUT2D eigenvalue weighted by molar-refractivity contribution is 5.99. The maximum absolute atomic E-state index is 11.8. The number of hydrogen-bond donors (Lipinski definition) is 1. The summed E-state index contributed by atoms with van der Waals surface area (Å²) in [5.74, 6) is 0.228. The Kier molecular flexibility index (Phi) is 5.78. The summed E-state index contributed by atoms with van der Waals surface area (Å²) in [6.45, 7) is 1.53. The highest BCUT2D eigenvalue weighted by Crippen LogP contribution is 2.32. The molecule has 1 aliphatic rings. The number of rotatable bonds is 8. The first kappa shape index (κ1) is 18.3. The molecule has 1 aromatic heterocycles. The topological polar surface area (TPSA) is 85.0 Å². The quantitative estimate of drug-likeness (QED) is 0.772. The van der Waals surface area contributed by atoms with E-state index in [1.165, 1.54) is 0 Å². The molecule has 1 N–H and O–H groups in total. The Morgan fingerprint density at radius 2 is 2.15 bits per heavy atom. The maximum atomic E-state index is 11.8. The van der Waals surface area contributed by atoms with E-state index in [4.69, 9.17) is 14.0 Å². The zero-order valence-corrected chi connectivity index (χ0v) is 15.1. The highest BCUT2D eigenvalue weighted by atomic mass is 16.5. The van der Waals surface area contributed by atoms with Crippen LogP contribution in [0.1, 0.15) is 36.0 Å². The third-order valence-corrected chi connectivity index (χ3v) is 4.65. The smallest absolute Gasteiger partial charge is 0.343 e. The SMILES string of the molecule is COc1ccc(-c2onc(N(C)CCCC3CCCO3)c2C(=O)O)cc1. The van der Waals surface area contributed by atoms with Gasteiger partial charge in [0.1, 0.15) is 5.75 Å². The molecule has 1 unspecified atom stereocenters. The molecule has 1 aliphatic heterocycles. The number of carboxylic acids is 1. The minimum atomic E-state index is -1.06. The average molecular weight is 360 g/mol. The normalized spacial score (nSPS) is 16.6. The van der Waals surface area contributed by atoms with Crippen LogP contribution in [-0.2, 0) is 4.74 Å². The summed E-state index contributed by atoms with van der Waals surface area (Å²) >= 11 is 0. The predicted molar refractivity (Wildman–Crippen MR) is 96.9 cm³/mol. The molecule has 7 nitrogen and oxygen atoms in total. The van der Waals surface area contributed by atoms with Gasteiger partial charge in [0.15, 0.2) is 17.1 Å². The molecule has 0 amide bonds. The molecule has 1 saturated heterocycles. The number of aromatic nitrogens is 1. The number of hydrogen-bond acceptors (Lipinski definition) is 6. The zero-order chi connectivity index (χ0) is 18.5. The van der Waals surface area contributed by atoms with E-state index in [1.807, 2.05) is 11.9 Å². The third kappa shape index (κ3) is 3.99. The highest BCUT2D eigenvalue weighted by Gasteiger charge is 2.26. The van der Waals surface area contributed by atoms with Crippen LogP contribution >= 0.6 is 0 Å². The van der Waals surface area contributed by atoms with Gasteiger partial charge >= 0.3 is 5.97 Å². The second-order valence-electron chi connectivity index (χ2n) is 6.44. The number of aromatic carboxylic acids is 1. The second kappa shape index (κ2) is 8.23. The fourth-order valence-electron chi connectivity index (χ4n) is 3.21.